The molecule has 0 amide bonds. The fraction of sp³-hybridized carbons (Fsp3) is 0.375. The first-order valence-corrected chi connectivity index (χ1v) is 5.83. The Kier molecular flexibility index (Phi) is 6.48. The van der Waals surface area contributed by atoms with Crippen molar-refractivity contribution < 1.29 is 0 Å². The summed E-state index contributed by atoms with van der Waals surface area (Å²) in [5, 5.41) is 0. The minimum absolute atomic E-state index is 0.0154. The SMILES string of the molecule is C=C/C=C(\C=C)C(C)(C)C(/C=C\C)=C/CC. The number of rotatable bonds is 6. The third-order valence-electron chi connectivity index (χ3n) is 2.73. The van der Waals surface area contributed by atoms with Crippen molar-refractivity contribution in [2.75, 3.05) is 0 Å². The molecule has 0 fully saturated rings. The molecule has 0 N–H and O–H groups in total. The molecule has 0 aliphatic carbocycles. The molecule has 0 aliphatic rings. The molecule has 88 valence electrons. The van der Waals surface area contributed by atoms with E-state index in [2.05, 4.69) is 52.2 Å². The number of hydrogen-bond donors (Lipinski definition) is 0. The first kappa shape index (κ1) is 14.7. The average molecular weight is 216 g/mol. The van der Waals surface area contributed by atoms with E-state index in [-0.39, 0.29) is 5.41 Å². The van der Waals surface area contributed by atoms with Gasteiger partial charge in [0.2, 0.25) is 0 Å². The van der Waals surface area contributed by atoms with Gasteiger partial charge in [-0.1, -0.05) is 70.4 Å². The molecule has 0 heterocycles. The Morgan fingerprint density at radius 1 is 1.19 bits per heavy atom. The van der Waals surface area contributed by atoms with Crippen molar-refractivity contribution >= 4 is 0 Å². The van der Waals surface area contributed by atoms with Crippen LogP contribution in [0.4, 0.5) is 0 Å². The Bertz CT molecular complexity index is 322. The predicted molar refractivity (Wildman–Crippen MR) is 75.4 cm³/mol. The lowest BCUT2D eigenvalue weighted by Gasteiger charge is -2.28. The van der Waals surface area contributed by atoms with Crippen LogP contribution in [0.3, 0.4) is 0 Å². The first-order valence-electron chi connectivity index (χ1n) is 5.83. The molecule has 0 aromatic carbocycles. The minimum Gasteiger partial charge on any atom is -0.0991 e. The van der Waals surface area contributed by atoms with Crippen LogP contribution in [0.1, 0.15) is 34.1 Å². The van der Waals surface area contributed by atoms with Crippen molar-refractivity contribution in [2.24, 2.45) is 5.41 Å². The first-order chi connectivity index (χ1) is 7.54. The Balaban J connectivity index is 5.42. The lowest BCUT2D eigenvalue weighted by molar-refractivity contribution is 0.564. The fourth-order valence-electron chi connectivity index (χ4n) is 1.76. The summed E-state index contributed by atoms with van der Waals surface area (Å²) in [6, 6.07) is 0. The van der Waals surface area contributed by atoms with E-state index < -0.39 is 0 Å². The third kappa shape index (κ3) is 3.69. The molecular formula is C16H24. The predicted octanol–water partition coefficient (Wildman–Crippen LogP) is 5.22. The lowest BCUT2D eigenvalue weighted by Crippen LogP contribution is -2.16. The normalized spacial score (nSPS) is 14.2. The van der Waals surface area contributed by atoms with Crippen LogP contribution in [0.25, 0.3) is 0 Å². The molecule has 0 atom stereocenters. The summed E-state index contributed by atoms with van der Waals surface area (Å²) in [7, 11) is 0. The molecule has 0 radical (unpaired) electrons. The quantitative estimate of drug-likeness (QED) is 0.534. The topological polar surface area (TPSA) is 0 Å². The molecule has 0 heteroatoms. The van der Waals surface area contributed by atoms with E-state index >= 15 is 0 Å². The van der Waals surface area contributed by atoms with Gasteiger partial charge in [-0.2, -0.15) is 0 Å². The largest absolute Gasteiger partial charge is 0.0991 e. The van der Waals surface area contributed by atoms with Gasteiger partial charge in [0.1, 0.15) is 0 Å². The van der Waals surface area contributed by atoms with Gasteiger partial charge in [-0.15, -0.1) is 0 Å². The zero-order valence-corrected chi connectivity index (χ0v) is 11.1. The Morgan fingerprint density at radius 2 is 1.81 bits per heavy atom. The molecule has 0 saturated heterocycles. The number of allylic oxidation sites excluding steroid dienone is 8. The van der Waals surface area contributed by atoms with Crippen LogP contribution in [0.5, 0.6) is 0 Å². The highest BCUT2D eigenvalue weighted by Gasteiger charge is 2.23. The number of hydrogen-bond acceptors (Lipinski definition) is 0. The second-order valence-corrected chi connectivity index (χ2v) is 4.25. The average Bonchev–Trinajstić information content (AvgIpc) is 2.25. The van der Waals surface area contributed by atoms with E-state index in [1.807, 2.05) is 25.2 Å². The summed E-state index contributed by atoms with van der Waals surface area (Å²) >= 11 is 0. The van der Waals surface area contributed by atoms with Gasteiger partial charge in [-0.25, -0.2) is 0 Å². The molecule has 0 aliphatic heterocycles. The van der Waals surface area contributed by atoms with E-state index in [1.165, 1.54) is 11.1 Å². The second-order valence-electron chi connectivity index (χ2n) is 4.25. The standard InChI is InChI=1S/C16H24/c1-7-11-14(10-4)16(5,6)15(12-8-2)13-9-3/h7-8,10-13H,1,4,9H2,2-3,5-6H3/b12-8-,14-11+,15-13+. The van der Waals surface area contributed by atoms with Crippen LogP contribution in [0, 0.1) is 5.41 Å². The summed E-state index contributed by atoms with van der Waals surface area (Å²) in [4.78, 5) is 0. The molecule has 0 saturated carbocycles. The summed E-state index contributed by atoms with van der Waals surface area (Å²) in [5.41, 5.74) is 2.50. The van der Waals surface area contributed by atoms with Gasteiger partial charge in [-0.3, -0.25) is 0 Å². The summed E-state index contributed by atoms with van der Waals surface area (Å²) in [6.45, 7) is 16.3. The van der Waals surface area contributed by atoms with E-state index in [0.717, 1.165) is 6.42 Å². The molecule has 0 nitrogen and oxygen atoms in total. The van der Waals surface area contributed by atoms with Crippen LogP contribution in [-0.4, -0.2) is 0 Å². The zero-order valence-electron chi connectivity index (χ0n) is 11.1. The molecule has 0 aromatic heterocycles. The van der Waals surface area contributed by atoms with Gasteiger partial charge in [-0.05, 0) is 24.5 Å². The minimum atomic E-state index is -0.0154. The van der Waals surface area contributed by atoms with Crippen molar-refractivity contribution in [3.8, 4) is 0 Å². The molecule has 0 rings (SSSR count). The van der Waals surface area contributed by atoms with Crippen molar-refractivity contribution in [3.05, 3.63) is 60.8 Å². The molecular weight excluding hydrogens is 192 g/mol. The maximum Gasteiger partial charge on any atom is 0.0143 e. The van der Waals surface area contributed by atoms with Gasteiger partial charge >= 0.3 is 0 Å². The van der Waals surface area contributed by atoms with Gasteiger partial charge < -0.3 is 0 Å². The third-order valence-corrected chi connectivity index (χ3v) is 2.73. The van der Waals surface area contributed by atoms with Crippen molar-refractivity contribution in [1.82, 2.24) is 0 Å². The maximum absolute atomic E-state index is 3.88. The van der Waals surface area contributed by atoms with Gasteiger partial charge in [0, 0.05) is 5.41 Å². The van der Waals surface area contributed by atoms with Crippen LogP contribution in [0.2, 0.25) is 0 Å². The molecule has 0 unspecified atom stereocenters. The Labute approximate surface area is 101 Å². The summed E-state index contributed by atoms with van der Waals surface area (Å²) < 4.78 is 0. The Hall–Kier alpha value is -1.30. The van der Waals surface area contributed by atoms with E-state index in [1.54, 1.807) is 0 Å². The highest BCUT2D eigenvalue weighted by molar-refractivity contribution is 5.40. The molecule has 0 aromatic rings. The van der Waals surface area contributed by atoms with Gasteiger partial charge in [0.05, 0.1) is 0 Å². The monoisotopic (exact) mass is 216 g/mol. The lowest BCUT2D eigenvalue weighted by atomic mass is 9.76. The van der Waals surface area contributed by atoms with E-state index in [4.69, 9.17) is 0 Å². The van der Waals surface area contributed by atoms with Crippen LogP contribution in [0.15, 0.2) is 60.8 Å². The second kappa shape index (κ2) is 7.05. The van der Waals surface area contributed by atoms with Gasteiger partial charge in [0.15, 0.2) is 0 Å². The molecule has 0 spiro atoms. The van der Waals surface area contributed by atoms with Crippen LogP contribution < -0.4 is 0 Å². The molecule has 0 bridgehead atoms. The van der Waals surface area contributed by atoms with Crippen LogP contribution >= 0.6 is 0 Å². The van der Waals surface area contributed by atoms with Crippen LogP contribution in [-0.2, 0) is 0 Å². The van der Waals surface area contributed by atoms with Crippen molar-refractivity contribution in [3.63, 3.8) is 0 Å². The van der Waals surface area contributed by atoms with E-state index in [0.29, 0.717) is 0 Å². The van der Waals surface area contributed by atoms with Crippen molar-refractivity contribution in [2.45, 2.75) is 34.1 Å². The maximum atomic E-state index is 3.88. The highest BCUT2D eigenvalue weighted by Crippen LogP contribution is 2.36. The van der Waals surface area contributed by atoms with E-state index in [9.17, 15) is 0 Å². The fourth-order valence-corrected chi connectivity index (χ4v) is 1.76. The molecule has 16 heavy (non-hydrogen) atoms. The summed E-state index contributed by atoms with van der Waals surface area (Å²) in [5.74, 6) is 0. The van der Waals surface area contributed by atoms with Gasteiger partial charge in [0.25, 0.3) is 0 Å². The highest BCUT2D eigenvalue weighted by atomic mass is 14.3. The Morgan fingerprint density at radius 3 is 2.19 bits per heavy atom. The summed E-state index contributed by atoms with van der Waals surface area (Å²) in [6.07, 6.45) is 13.3. The smallest absolute Gasteiger partial charge is 0.0143 e. The zero-order chi connectivity index (χ0) is 12.6. The van der Waals surface area contributed by atoms with Crippen molar-refractivity contribution in [1.29, 1.82) is 0 Å².